The highest BCUT2D eigenvalue weighted by Gasteiger charge is 2.12. The van der Waals surface area contributed by atoms with Gasteiger partial charge in [0.15, 0.2) is 0 Å². The number of rotatable bonds is 1. The van der Waals surface area contributed by atoms with Crippen molar-refractivity contribution in [3.63, 3.8) is 0 Å². The normalized spacial score (nSPS) is 16.2. The van der Waals surface area contributed by atoms with Crippen LogP contribution in [0.3, 0.4) is 0 Å². The maximum Gasteiger partial charge on any atom is 0.248 e. The molecular formula is C14H16N2O2. The van der Waals surface area contributed by atoms with Gasteiger partial charge in [-0.15, -0.1) is 0 Å². The van der Waals surface area contributed by atoms with Crippen LogP contribution >= 0.6 is 0 Å². The molecule has 1 saturated heterocycles. The fourth-order valence-electron chi connectivity index (χ4n) is 2.43. The Morgan fingerprint density at radius 1 is 1.22 bits per heavy atom. The van der Waals surface area contributed by atoms with Crippen molar-refractivity contribution in [1.82, 2.24) is 4.98 Å². The van der Waals surface area contributed by atoms with E-state index in [0.717, 1.165) is 42.8 Å². The number of nitrogens with one attached hydrogen (secondary N) is 1. The van der Waals surface area contributed by atoms with E-state index in [4.69, 9.17) is 4.74 Å². The minimum absolute atomic E-state index is 0.0425. The van der Waals surface area contributed by atoms with Crippen molar-refractivity contribution in [1.29, 1.82) is 0 Å². The van der Waals surface area contributed by atoms with E-state index in [1.165, 1.54) is 5.69 Å². The van der Waals surface area contributed by atoms with Crippen LogP contribution in [0.5, 0.6) is 0 Å². The van der Waals surface area contributed by atoms with E-state index >= 15 is 0 Å². The van der Waals surface area contributed by atoms with Crippen molar-refractivity contribution in [2.24, 2.45) is 0 Å². The third-order valence-electron chi connectivity index (χ3n) is 3.41. The monoisotopic (exact) mass is 244 g/mol. The van der Waals surface area contributed by atoms with Gasteiger partial charge in [0.05, 0.1) is 13.2 Å². The van der Waals surface area contributed by atoms with Gasteiger partial charge in [0.25, 0.3) is 0 Å². The van der Waals surface area contributed by atoms with Crippen LogP contribution in [0.4, 0.5) is 5.69 Å². The standard InChI is InChI=1S/C14H16N2O2/c1-10-8-14(17)15-13-3-2-11(9-12(10)13)16-4-6-18-7-5-16/h2-3,8-9H,4-7H2,1H3,(H,15,17). The molecule has 1 aliphatic heterocycles. The SMILES string of the molecule is Cc1cc(=O)[nH]c2ccc(N3CCOCC3)cc12. The van der Waals surface area contributed by atoms with Gasteiger partial charge in [0.1, 0.15) is 0 Å². The summed E-state index contributed by atoms with van der Waals surface area (Å²) in [6.45, 7) is 5.38. The lowest BCUT2D eigenvalue weighted by molar-refractivity contribution is 0.122. The smallest absolute Gasteiger partial charge is 0.248 e. The van der Waals surface area contributed by atoms with Crippen molar-refractivity contribution in [2.45, 2.75) is 6.92 Å². The number of hydrogen-bond acceptors (Lipinski definition) is 3. The number of pyridine rings is 1. The first-order chi connectivity index (χ1) is 8.74. The van der Waals surface area contributed by atoms with E-state index in [1.807, 2.05) is 13.0 Å². The molecule has 94 valence electrons. The maximum absolute atomic E-state index is 11.4. The highest BCUT2D eigenvalue weighted by molar-refractivity contribution is 5.85. The first kappa shape index (κ1) is 11.3. The molecule has 2 heterocycles. The zero-order valence-corrected chi connectivity index (χ0v) is 10.4. The molecule has 0 atom stereocenters. The molecule has 3 rings (SSSR count). The summed E-state index contributed by atoms with van der Waals surface area (Å²) < 4.78 is 5.36. The first-order valence-electron chi connectivity index (χ1n) is 6.20. The van der Waals surface area contributed by atoms with Crippen LogP contribution in [0.2, 0.25) is 0 Å². The van der Waals surface area contributed by atoms with Gasteiger partial charge in [-0.3, -0.25) is 4.79 Å². The molecule has 0 aliphatic carbocycles. The van der Waals surface area contributed by atoms with Gasteiger partial charge in [-0.05, 0) is 30.7 Å². The van der Waals surface area contributed by atoms with Crippen molar-refractivity contribution in [2.75, 3.05) is 31.2 Å². The van der Waals surface area contributed by atoms with Crippen LogP contribution in [-0.4, -0.2) is 31.3 Å². The summed E-state index contributed by atoms with van der Waals surface area (Å²) in [5.41, 5.74) is 3.07. The lowest BCUT2D eigenvalue weighted by Gasteiger charge is -2.29. The lowest BCUT2D eigenvalue weighted by atomic mass is 10.1. The Labute approximate surface area is 105 Å². The molecule has 0 bridgehead atoms. The van der Waals surface area contributed by atoms with Crippen molar-refractivity contribution < 1.29 is 4.74 Å². The number of fused-ring (bicyclic) bond motifs is 1. The van der Waals surface area contributed by atoms with Gasteiger partial charge in [-0.1, -0.05) is 0 Å². The fraction of sp³-hybridized carbons (Fsp3) is 0.357. The Bertz CT molecular complexity index is 627. The summed E-state index contributed by atoms with van der Waals surface area (Å²) >= 11 is 0. The van der Waals surface area contributed by atoms with E-state index < -0.39 is 0 Å². The van der Waals surface area contributed by atoms with Gasteiger partial charge in [0.2, 0.25) is 5.56 Å². The number of morpholine rings is 1. The third-order valence-corrected chi connectivity index (χ3v) is 3.41. The van der Waals surface area contributed by atoms with Crippen molar-refractivity contribution >= 4 is 16.6 Å². The molecule has 4 nitrogen and oxygen atoms in total. The minimum Gasteiger partial charge on any atom is -0.378 e. The van der Waals surface area contributed by atoms with E-state index in [2.05, 4.69) is 22.0 Å². The van der Waals surface area contributed by atoms with Crippen molar-refractivity contribution in [3.8, 4) is 0 Å². The van der Waals surface area contributed by atoms with E-state index in [1.54, 1.807) is 6.07 Å². The van der Waals surface area contributed by atoms with Crippen molar-refractivity contribution in [3.05, 3.63) is 40.2 Å². The zero-order chi connectivity index (χ0) is 12.5. The fourth-order valence-corrected chi connectivity index (χ4v) is 2.43. The molecule has 0 radical (unpaired) electrons. The largest absolute Gasteiger partial charge is 0.378 e. The molecule has 1 N–H and O–H groups in total. The highest BCUT2D eigenvalue weighted by atomic mass is 16.5. The Morgan fingerprint density at radius 2 is 2.00 bits per heavy atom. The molecule has 0 unspecified atom stereocenters. The second-order valence-electron chi connectivity index (χ2n) is 4.65. The molecule has 0 spiro atoms. The maximum atomic E-state index is 11.4. The number of nitrogens with zero attached hydrogens (tertiary/aromatic N) is 1. The lowest BCUT2D eigenvalue weighted by Crippen LogP contribution is -2.36. The van der Waals surface area contributed by atoms with Crippen LogP contribution in [0, 0.1) is 6.92 Å². The van der Waals surface area contributed by atoms with Gasteiger partial charge < -0.3 is 14.6 Å². The summed E-state index contributed by atoms with van der Waals surface area (Å²) in [5.74, 6) is 0. The number of aromatic nitrogens is 1. The number of aryl methyl sites for hydroxylation is 1. The van der Waals surface area contributed by atoms with Gasteiger partial charge >= 0.3 is 0 Å². The molecule has 1 aromatic heterocycles. The van der Waals surface area contributed by atoms with Gasteiger partial charge in [0, 0.05) is 35.7 Å². The number of benzene rings is 1. The summed E-state index contributed by atoms with van der Waals surface area (Å²) in [6.07, 6.45) is 0. The van der Waals surface area contributed by atoms with E-state index in [0.29, 0.717) is 0 Å². The highest BCUT2D eigenvalue weighted by Crippen LogP contribution is 2.23. The number of anilines is 1. The second-order valence-corrected chi connectivity index (χ2v) is 4.65. The number of hydrogen-bond donors (Lipinski definition) is 1. The van der Waals surface area contributed by atoms with Crippen LogP contribution in [0.25, 0.3) is 10.9 Å². The number of aromatic amines is 1. The summed E-state index contributed by atoms with van der Waals surface area (Å²) in [5, 5.41) is 1.11. The summed E-state index contributed by atoms with van der Waals surface area (Å²) in [6, 6.07) is 7.83. The molecule has 1 aliphatic rings. The summed E-state index contributed by atoms with van der Waals surface area (Å²) in [4.78, 5) is 16.6. The van der Waals surface area contributed by atoms with Crippen LogP contribution < -0.4 is 10.5 Å². The van der Waals surface area contributed by atoms with Gasteiger partial charge in [-0.25, -0.2) is 0 Å². The summed E-state index contributed by atoms with van der Waals surface area (Å²) in [7, 11) is 0. The number of H-pyrrole nitrogens is 1. The average molecular weight is 244 g/mol. The molecule has 4 heteroatoms. The average Bonchev–Trinajstić information content (AvgIpc) is 2.39. The van der Waals surface area contributed by atoms with Crippen LogP contribution in [-0.2, 0) is 4.74 Å². The van der Waals surface area contributed by atoms with Crippen LogP contribution in [0.15, 0.2) is 29.1 Å². The predicted octanol–water partition coefficient (Wildman–Crippen LogP) is 1.67. The Morgan fingerprint density at radius 3 is 2.78 bits per heavy atom. The molecule has 1 aromatic carbocycles. The second kappa shape index (κ2) is 4.46. The first-order valence-corrected chi connectivity index (χ1v) is 6.20. The topological polar surface area (TPSA) is 45.3 Å². The molecular weight excluding hydrogens is 228 g/mol. The van der Waals surface area contributed by atoms with Gasteiger partial charge in [-0.2, -0.15) is 0 Å². The Hall–Kier alpha value is -1.81. The quantitative estimate of drug-likeness (QED) is 0.830. The van der Waals surface area contributed by atoms with E-state index in [9.17, 15) is 4.79 Å². The number of ether oxygens (including phenoxy) is 1. The predicted molar refractivity (Wildman–Crippen MR) is 72.3 cm³/mol. The molecule has 2 aromatic rings. The molecule has 0 saturated carbocycles. The Balaban J connectivity index is 2.07. The van der Waals surface area contributed by atoms with Crippen LogP contribution in [0.1, 0.15) is 5.56 Å². The van der Waals surface area contributed by atoms with E-state index in [-0.39, 0.29) is 5.56 Å². The molecule has 1 fully saturated rings. The Kier molecular flexibility index (Phi) is 2.80. The zero-order valence-electron chi connectivity index (χ0n) is 10.4. The minimum atomic E-state index is -0.0425. The molecule has 0 amide bonds. The third kappa shape index (κ3) is 1.99. The molecule has 18 heavy (non-hydrogen) atoms.